The Balaban J connectivity index is 0.00000169. The molecule has 1 rings (SSSR count). The predicted molar refractivity (Wildman–Crippen MR) is 53.1 cm³/mol. The van der Waals surface area contributed by atoms with Crippen molar-refractivity contribution in [2.24, 2.45) is 0 Å². The molecule has 0 spiro atoms. The molecule has 1 amide bonds. The zero-order valence-electron chi connectivity index (χ0n) is 6.47. The van der Waals surface area contributed by atoms with Crippen molar-refractivity contribution in [3.63, 3.8) is 0 Å². The van der Waals surface area contributed by atoms with Crippen LogP contribution in [0.15, 0.2) is 29.2 Å². The molecule has 7 heteroatoms. The summed E-state index contributed by atoms with van der Waals surface area (Å²) in [7, 11) is -4.15. The monoisotopic (exact) mass is 241 g/mol. The number of benzene rings is 1. The summed E-state index contributed by atoms with van der Waals surface area (Å²) in [4.78, 5) is 9.77. The number of anilines is 1. The molecule has 0 aliphatic heterocycles. The van der Waals surface area contributed by atoms with Gasteiger partial charge in [0.15, 0.2) is 0 Å². The third kappa shape index (κ3) is 4.18. The Labute approximate surface area is 124 Å². The molecule has 5 nitrogen and oxygen atoms in total. The second-order valence-corrected chi connectivity index (χ2v) is 3.68. The Morgan fingerprint density at radius 3 is 2.07 bits per heavy atom. The summed E-state index contributed by atoms with van der Waals surface area (Å²) in [6, 6.07) is 5.14. The summed E-state index contributed by atoms with van der Waals surface area (Å²) in [5, 5.41) is 2.33. The van der Waals surface area contributed by atoms with Crippen molar-refractivity contribution in [1.29, 1.82) is 0 Å². The number of amides is 1. The van der Waals surface area contributed by atoms with Crippen molar-refractivity contribution in [3.8, 4) is 0 Å². The van der Waals surface area contributed by atoms with Gasteiger partial charge in [-0.3, -0.25) is 9.35 Å². The van der Waals surface area contributed by atoms with E-state index in [1.807, 2.05) is 0 Å². The van der Waals surface area contributed by atoms with Crippen LogP contribution in [0.1, 0.15) is 0 Å². The van der Waals surface area contributed by atoms with Gasteiger partial charge in [-0.15, -0.1) is 0 Å². The van der Waals surface area contributed by atoms with Gasteiger partial charge in [-0.2, -0.15) is 8.42 Å². The molecule has 1 aromatic rings. The molecule has 2 N–H and O–H groups in total. The molecule has 0 radical (unpaired) electrons. The molecule has 0 fully saturated rings. The number of rotatable bonds is 3. The first-order chi connectivity index (χ1) is 6.04. The first-order valence-electron chi connectivity index (χ1n) is 3.32. The average molecular weight is 241 g/mol. The maximum atomic E-state index is 10.6. The topological polar surface area (TPSA) is 83.5 Å². The zero-order chi connectivity index (χ0) is 9.90. The van der Waals surface area contributed by atoms with Crippen LogP contribution in [0.3, 0.4) is 0 Å². The maximum absolute atomic E-state index is 10.6. The van der Waals surface area contributed by atoms with E-state index in [4.69, 9.17) is 4.55 Å². The van der Waals surface area contributed by atoms with Crippen molar-refractivity contribution < 1.29 is 17.8 Å². The molecule has 0 aromatic heterocycles. The van der Waals surface area contributed by atoms with Gasteiger partial charge in [0.05, 0.1) is 4.90 Å². The molecule has 0 saturated carbocycles. The quantitative estimate of drug-likeness (QED) is 0.438. The fraction of sp³-hybridized carbons (Fsp3) is 0. The van der Waals surface area contributed by atoms with Crippen LogP contribution in [0.2, 0.25) is 0 Å². The van der Waals surface area contributed by atoms with Crippen molar-refractivity contribution in [3.05, 3.63) is 24.3 Å². The van der Waals surface area contributed by atoms with Crippen LogP contribution < -0.4 is 5.32 Å². The molecule has 0 saturated heterocycles. The minimum atomic E-state index is -4.15. The molecule has 0 atom stereocenters. The molecule has 0 bridgehead atoms. The van der Waals surface area contributed by atoms with E-state index in [0.29, 0.717) is 12.1 Å². The summed E-state index contributed by atoms with van der Waals surface area (Å²) < 4.78 is 29.7. The van der Waals surface area contributed by atoms with E-state index in [2.05, 4.69) is 5.32 Å². The summed E-state index contributed by atoms with van der Waals surface area (Å²) in [6.07, 6.45) is 0.475. The van der Waals surface area contributed by atoms with Gasteiger partial charge in [0.2, 0.25) is 6.41 Å². The van der Waals surface area contributed by atoms with Crippen molar-refractivity contribution in [1.82, 2.24) is 0 Å². The minimum absolute atomic E-state index is 0. The van der Waals surface area contributed by atoms with E-state index in [0.717, 1.165) is 0 Å². The van der Waals surface area contributed by atoms with Crippen molar-refractivity contribution in [2.45, 2.75) is 4.90 Å². The fourth-order valence-electron chi connectivity index (χ4n) is 0.791. The van der Waals surface area contributed by atoms with Crippen LogP contribution in [-0.2, 0) is 14.9 Å². The number of hydrogen-bond acceptors (Lipinski definition) is 3. The van der Waals surface area contributed by atoms with Gasteiger partial charge in [0.1, 0.15) is 0 Å². The van der Waals surface area contributed by atoms with E-state index in [9.17, 15) is 13.2 Å². The molecule has 1 aromatic carbocycles. The van der Waals surface area contributed by atoms with Gasteiger partial charge >= 0.3 is 51.4 Å². The molecule has 0 aliphatic rings. The van der Waals surface area contributed by atoms with E-state index >= 15 is 0 Å². The Morgan fingerprint density at radius 1 is 1.21 bits per heavy atom. The first-order valence-corrected chi connectivity index (χ1v) is 4.76. The van der Waals surface area contributed by atoms with E-state index in [1.165, 1.54) is 24.3 Å². The van der Waals surface area contributed by atoms with Crippen molar-refractivity contribution >= 4 is 73.6 Å². The summed E-state index contributed by atoms with van der Waals surface area (Å²) >= 11 is 0. The average Bonchev–Trinajstić information content (AvgIpc) is 2.04. The van der Waals surface area contributed by atoms with Gasteiger partial charge < -0.3 is 5.32 Å². The third-order valence-corrected chi connectivity index (χ3v) is 2.25. The molecular weight excluding hydrogens is 233 g/mol. The summed E-state index contributed by atoms with van der Waals surface area (Å²) in [5.41, 5.74) is 0.461. The second kappa shape index (κ2) is 5.96. The first kappa shape index (κ1) is 14.2. The van der Waals surface area contributed by atoms with Crippen LogP contribution in [-0.4, -0.2) is 70.8 Å². The standard InChI is InChI=1S/C7H7NO4S.K.H/c9-5-8-6-1-3-7(4-2-6)13(10,11)12;;/h1-5H,(H,8,9)(H,10,11,12);;. The van der Waals surface area contributed by atoms with Crippen LogP contribution >= 0.6 is 0 Å². The van der Waals surface area contributed by atoms with Gasteiger partial charge in [-0.1, -0.05) is 0 Å². The third-order valence-electron chi connectivity index (χ3n) is 1.38. The predicted octanol–water partition coefficient (Wildman–Crippen LogP) is -0.147. The molecule has 0 aliphatic carbocycles. The number of carbonyl (C=O) groups excluding carboxylic acids is 1. The number of nitrogens with one attached hydrogen (secondary N) is 1. The Morgan fingerprint density at radius 2 is 1.71 bits per heavy atom. The van der Waals surface area contributed by atoms with E-state index in [-0.39, 0.29) is 56.3 Å². The molecule has 14 heavy (non-hydrogen) atoms. The summed E-state index contributed by atoms with van der Waals surface area (Å²) in [5.74, 6) is 0. The van der Waals surface area contributed by atoms with Crippen LogP contribution in [0.25, 0.3) is 0 Å². The Kier molecular flexibility index (Phi) is 6.06. The van der Waals surface area contributed by atoms with E-state index < -0.39 is 10.1 Å². The van der Waals surface area contributed by atoms with Gasteiger partial charge in [0, 0.05) is 5.69 Å². The molecule has 0 unspecified atom stereocenters. The fourth-order valence-corrected chi connectivity index (χ4v) is 1.27. The normalized spacial score (nSPS) is 10.1. The number of carbonyl (C=O) groups is 1. The number of hydrogen-bond donors (Lipinski definition) is 2. The van der Waals surface area contributed by atoms with Crippen molar-refractivity contribution in [2.75, 3.05) is 5.32 Å². The van der Waals surface area contributed by atoms with Gasteiger partial charge in [-0.05, 0) is 24.3 Å². The van der Waals surface area contributed by atoms with E-state index in [1.54, 1.807) is 0 Å². The van der Waals surface area contributed by atoms with Gasteiger partial charge in [0.25, 0.3) is 10.1 Å². The molecule has 0 heterocycles. The second-order valence-electron chi connectivity index (χ2n) is 2.26. The summed E-state index contributed by atoms with van der Waals surface area (Å²) in [6.45, 7) is 0. The zero-order valence-corrected chi connectivity index (χ0v) is 7.28. The van der Waals surface area contributed by atoms with Gasteiger partial charge in [-0.25, -0.2) is 0 Å². The molecule has 72 valence electrons. The molecular formula is C7H8KNO4S. The Hall–Kier alpha value is 0.236. The van der Waals surface area contributed by atoms with Crippen LogP contribution in [0, 0.1) is 0 Å². The SMILES string of the molecule is O=CNc1ccc(S(=O)(=O)O)cc1.[KH]. The Bertz CT molecular complexity index is 400. The van der Waals surface area contributed by atoms with Crippen LogP contribution in [0.4, 0.5) is 5.69 Å². The van der Waals surface area contributed by atoms with Crippen LogP contribution in [0.5, 0.6) is 0 Å².